The number of nitrogens with one attached hydrogen (secondary N) is 1. The normalized spacial score (nSPS) is 11.4. The smallest absolute Gasteiger partial charge is 0.399 e. The average Bonchev–Trinajstić information content (AvgIpc) is 3.13. The van der Waals surface area contributed by atoms with E-state index in [9.17, 15) is 22.4 Å². The lowest BCUT2D eigenvalue weighted by molar-refractivity contribution is -0.137. The summed E-state index contributed by atoms with van der Waals surface area (Å²) < 4.78 is 55.4. The predicted molar refractivity (Wildman–Crippen MR) is 94.5 cm³/mol. The van der Waals surface area contributed by atoms with E-state index in [1.54, 1.807) is 0 Å². The van der Waals surface area contributed by atoms with Gasteiger partial charge in [-0.05, 0) is 29.3 Å². The van der Waals surface area contributed by atoms with Crippen molar-refractivity contribution in [3.8, 4) is 11.1 Å². The number of amides is 1. The van der Waals surface area contributed by atoms with Crippen LogP contribution < -0.4 is 11.1 Å². The summed E-state index contributed by atoms with van der Waals surface area (Å²) in [5.41, 5.74) is 5.42. The Hall–Kier alpha value is -2.94. The molecule has 3 aromatic rings. The first kappa shape index (κ1) is 18.8. The quantitative estimate of drug-likeness (QED) is 0.506. The molecule has 27 heavy (non-hydrogen) atoms. The van der Waals surface area contributed by atoms with Crippen molar-refractivity contribution in [2.45, 2.75) is 12.7 Å². The molecule has 3 N–H and O–H groups in total. The van der Waals surface area contributed by atoms with Crippen molar-refractivity contribution in [2.24, 2.45) is 0 Å². The molecule has 0 fully saturated rings. The molecule has 0 bridgehead atoms. The minimum Gasteiger partial charge on any atom is -0.399 e. The lowest BCUT2D eigenvalue weighted by Gasteiger charge is -2.19. The molecule has 1 heterocycles. The van der Waals surface area contributed by atoms with Gasteiger partial charge in [-0.3, -0.25) is 4.79 Å². The monoisotopic (exact) mass is 395 g/mol. The number of rotatable bonds is 4. The fraction of sp³-hybridized carbons (Fsp3) is 0.111. The van der Waals surface area contributed by atoms with Gasteiger partial charge in [0, 0.05) is 23.2 Å². The Morgan fingerprint density at radius 1 is 1.19 bits per heavy atom. The standard InChI is InChI=1S/C18H13F4N3OS/c19-14-4-2-1-3-12(14)13-6-11(23)5-10(16(13)18(20,21)22)7-24-17(26)15-8-27-9-25-15/h1-6,8-9H,7,23H2,(H,24,26). The molecule has 0 spiro atoms. The number of hydrogen-bond acceptors (Lipinski definition) is 4. The van der Waals surface area contributed by atoms with Crippen LogP contribution in [-0.4, -0.2) is 10.9 Å². The van der Waals surface area contributed by atoms with Crippen molar-refractivity contribution in [3.63, 3.8) is 0 Å². The van der Waals surface area contributed by atoms with Crippen molar-refractivity contribution >= 4 is 22.9 Å². The van der Waals surface area contributed by atoms with Gasteiger partial charge >= 0.3 is 6.18 Å². The topological polar surface area (TPSA) is 68.0 Å². The molecule has 4 nitrogen and oxygen atoms in total. The van der Waals surface area contributed by atoms with Gasteiger partial charge in [-0.2, -0.15) is 13.2 Å². The first-order valence-corrected chi connectivity index (χ1v) is 8.62. The summed E-state index contributed by atoms with van der Waals surface area (Å²) >= 11 is 1.19. The van der Waals surface area contributed by atoms with Crippen molar-refractivity contribution in [3.05, 3.63) is 69.9 Å². The number of carbonyl (C=O) groups excluding carboxylic acids is 1. The van der Waals surface area contributed by atoms with Crippen LogP contribution in [0.4, 0.5) is 23.2 Å². The van der Waals surface area contributed by atoms with E-state index in [1.807, 2.05) is 0 Å². The van der Waals surface area contributed by atoms with Gasteiger partial charge in [0.2, 0.25) is 0 Å². The van der Waals surface area contributed by atoms with Crippen LogP contribution in [0.1, 0.15) is 21.6 Å². The summed E-state index contributed by atoms with van der Waals surface area (Å²) in [6.07, 6.45) is -4.77. The Labute approximate surface area is 155 Å². The second-order valence-electron chi connectivity index (χ2n) is 5.64. The zero-order valence-electron chi connectivity index (χ0n) is 13.7. The number of hydrogen-bond donors (Lipinski definition) is 2. The summed E-state index contributed by atoms with van der Waals surface area (Å²) in [6, 6.07) is 7.33. The van der Waals surface area contributed by atoms with E-state index in [0.29, 0.717) is 0 Å². The second kappa shape index (κ2) is 7.36. The van der Waals surface area contributed by atoms with Crippen molar-refractivity contribution in [1.82, 2.24) is 10.3 Å². The molecule has 0 atom stereocenters. The highest BCUT2D eigenvalue weighted by Gasteiger charge is 2.37. The Bertz CT molecular complexity index is 971. The molecule has 0 aliphatic carbocycles. The van der Waals surface area contributed by atoms with Gasteiger partial charge in [0.25, 0.3) is 5.91 Å². The molecule has 3 rings (SSSR count). The van der Waals surface area contributed by atoms with Crippen LogP contribution >= 0.6 is 11.3 Å². The zero-order chi connectivity index (χ0) is 19.6. The molecule has 9 heteroatoms. The van der Waals surface area contributed by atoms with E-state index in [-0.39, 0.29) is 28.1 Å². The van der Waals surface area contributed by atoms with Gasteiger partial charge in [-0.25, -0.2) is 9.37 Å². The number of nitrogens with two attached hydrogens (primary N) is 1. The molecular formula is C18H13F4N3OS. The summed E-state index contributed by atoms with van der Waals surface area (Å²) in [4.78, 5) is 15.8. The lowest BCUT2D eigenvalue weighted by atomic mass is 9.93. The zero-order valence-corrected chi connectivity index (χ0v) is 14.5. The van der Waals surface area contributed by atoms with Crippen LogP contribution in [0, 0.1) is 5.82 Å². The average molecular weight is 395 g/mol. The SMILES string of the molecule is Nc1cc(CNC(=O)c2cscn2)c(C(F)(F)F)c(-c2ccccc2F)c1. The number of anilines is 1. The Balaban J connectivity index is 2.06. The Kier molecular flexibility index (Phi) is 5.13. The number of benzene rings is 2. The molecule has 0 radical (unpaired) electrons. The van der Waals surface area contributed by atoms with E-state index in [4.69, 9.17) is 5.73 Å². The number of nitrogens with zero attached hydrogens (tertiary/aromatic N) is 1. The van der Waals surface area contributed by atoms with Gasteiger partial charge < -0.3 is 11.1 Å². The van der Waals surface area contributed by atoms with Gasteiger partial charge in [-0.1, -0.05) is 18.2 Å². The first-order valence-electron chi connectivity index (χ1n) is 7.68. The first-order chi connectivity index (χ1) is 12.8. The van der Waals surface area contributed by atoms with E-state index in [0.717, 1.165) is 18.2 Å². The maximum atomic E-state index is 14.1. The lowest BCUT2D eigenvalue weighted by Crippen LogP contribution is -2.25. The van der Waals surface area contributed by atoms with Gasteiger partial charge in [0.15, 0.2) is 0 Å². The van der Waals surface area contributed by atoms with Crippen LogP contribution in [0.15, 0.2) is 47.3 Å². The van der Waals surface area contributed by atoms with Gasteiger partial charge in [0.05, 0.1) is 11.1 Å². The highest BCUT2D eigenvalue weighted by atomic mass is 32.1. The molecule has 0 aliphatic heterocycles. The molecule has 140 valence electrons. The summed E-state index contributed by atoms with van der Waals surface area (Å²) in [6.45, 7) is -0.433. The van der Waals surface area contributed by atoms with Crippen LogP contribution in [-0.2, 0) is 12.7 Å². The van der Waals surface area contributed by atoms with Crippen LogP contribution in [0.2, 0.25) is 0 Å². The number of carbonyl (C=O) groups is 1. The van der Waals surface area contributed by atoms with Crippen LogP contribution in [0.5, 0.6) is 0 Å². The third-order valence-corrected chi connectivity index (χ3v) is 4.38. The molecule has 1 aromatic heterocycles. The molecular weight excluding hydrogens is 382 g/mol. The van der Waals surface area contributed by atoms with Gasteiger partial charge in [0.1, 0.15) is 11.5 Å². The second-order valence-corrected chi connectivity index (χ2v) is 6.36. The number of aromatic nitrogens is 1. The summed E-state index contributed by atoms with van der Waals surface area (Å²) in [5, 5.41) is 3.87. The van der Waals surface area contributed by atoms with E-state index < -0.39 is 30.0 Å². The van der Waals surface area contributed by atoms with Gasteiger partial charge in [-0.15, -0.1) is 11.3 Å². The Morgan fingerprint density at radius 3 is 2.56 bits per heavy atom. The number of nitrogen functional groups attached to an aromatic ring is 1. The third kappa shape index (κ3) is 4.08. The highest BCUT2D eigenvalue weighted by molar-refractivity contribution is 7.07. The highest BCUT2D eigenvalue weighted by Crippen LogP contribution is 2.41. The molecule has 0 saturated carbocycles. The van der Waals surface area contributed by atoms with Crippen molar-refractivity contribution < 1.29 is 22.4 Å². The predicted octanol–water partition coefficient (Wildman–Crippen LogP) is 4.48. The summed E-state index contributed by atoms with van der Waals surface area (Å²) in [7, 11) is 0. The molecule has 0 unspecified atom stereocenters. The molecule has 2 aromatic carbocycles. The summed E-state index contributed by atoms with van der Waals surface area (Å²) in [5.74, 6) is -1.41. The molecule has 0 saturated heterocycles. The largest absolute Gasteiger partial charge is 0.417 e. The maximum absolute atomic E-state index is 14.1. The van der Waals surface area contributed by atoms with E-state index in [2.05, 4.69) is 10.3 Å². The molecule has 1 amide bonds. The minimum absolute atomic E-state index is 0.0270. The van der Waals surface area contributed by atoms with Crippen LogP contribution in [0.25, 0.3) is 11.1 Å². The van der Waals surface area contributed by atoms with Crippen LogP contribution in [0.3, 0.4) is 0 Å². The van der Waals surface area contributed by atoms with Crippen molar-refractivity contribution in [2.75, 3.05) is 5.73 Å². The number of thiazole rings is 1. The van der Waals surface area contributed by atoms with E-state index in [1.165, 1.54) is 40.4 Å². The third-order valence-electron chi connectivity index (χ3n) is 3.79. The van der Waals surface area contributed by atoms with E-state index >= 15 is 0 Å². The number of halogens is 4. The number of alkyl halides is 3. The maximum Gasteiger partial charge on any atom is 0.417 e. The fourth-order valence-corrected chi connectivity index (χ4v) is 3.22. The fourth-order valence-electron chi connectivity index (χ4n) is 2.68. The Morgan fingerprint density at radius 2 is 1.93 bits per heavy atom. The molecule has 0 aliphatic rings. The van der Waals surface area contributed by atoms with Crippen molar-refractivity contribution in [1.29, 1.82) is 0 Å². The minimum atomic E-state index is -4.77.